The normalized spacial score (nSPS) is 13.2. The molecule has 1 aromatic heterocycles. The molecular weight excluding hydrogens is 174 g/mol. The second kappa shape index (κ2) is 3.69. The molecule has 0 bridgehead atoms. The van der Waals surface area contributed by atoms with Gasteiger partial charge in [-0.2, -0.15) is 0 Å². The average molecular weight is 185 g/mol. The summed E-state index contributed by atoms with van der Waals surface area (Å²) in [6.45, 7) is 0. The van der Waals surface area contributed by atoms with Gasteiger partial charge < -0.3 is 5.11 Å². The molecule has 0 unspecified atom stereocenters. The molecule has 0 spiro atoms. The first kappa shape index (κ1) is 9.22. The van der Waals surface area contributed by atoms with Crippen molar-refractivity contribution in [2.45, 2.75) is 6.04 Å². The molecule has 4 heteroatoms. The van der Waals surface area contributed by atoms with Crippen LogP contribution in [0.15, 0.2) is 17.5 Å². The van der Waals surface area contributed by atoms with Gasteiger partial charge in [-0.25, -0.2) is 0 Å². The molecule has 0 amide bonds. The number of rotatable bonds is 3. The van der Waals surface area contributed by atoms with Gasteiger partial charge in [0.15, 0.2) is 0 Å². The van der Waals surface area contributed by atoms with Crippen molar-refractivity contribution in [2.75, 3.05) is 14.1 Å². The Kier molecular flexibility index (Phi) is 2.83. The molecule has 1 N–H and O–H groups in total. The molecule has 0 fully saturated rings. The largest absolute Gasteiger partial charge is 0.480 e. The Labute approximate surface area is 75.2 Å². The van der Waals surface area contributed by atoms with Gasteiger partial charge in [-0.1, -0.05) is 6.07 Å². The van der Waals surface area contributed by atoms with Gasteiger partial charge in [0.1, 0.15) is 6.04 Å². The van der Waals surface area contributed by atoms with E-state index < -0.39 is 12.0 Å². The van der Waals surface area contributed by atoms with Crippen molar-refractivity contribution in [1.82, 2.24) is 4.90 Å². The lowest BCUT2D eigenvalue weighted by Gasteiger charge is -2.17. The summed E-state index contributed by atoms with van der Waals surface area (Å²) in [6, 6.07) is 3.19. The lowest BCUT2D eigenvalue weighted by molar-refractivity contribution is -0.142. The molecule has 1 heterocycles. The highest BCUT2D eigenvalue weighted by Gasteiger charge is 2.22. The number of thiophene rings is 1. The Bertz CT molecular complexity index is 256. The summed E-state index contributed by atoms with van der Waals surface area (Å²) in [4.78, 5) is 13.4. The molecule has 0 saturated carbocycles. The van der Waals surface area contributed by atoms with E-state index in [1.165, 1.54) is 11.3 Å². The smallest absolute Gasteiger partial charge is 0.326 e. The molecule has 12 heavy (non-hydrogen) atoms. The van der Waals surface area contributed by atoms with Gasteiger partial charge in [-0.3, -0.25) is 9.69 Å². The molecule has 0 aromatic carbocycles. The molecule has 0 aliphatic carbocycles. The molecule has 1 rings (SSSR count). The maximum atomic E-state index is 10.8. The average Bonchev–Trinajstić information content (AvgIpc) is 2.37. The van der Waals surface area contributed by atoms with Crippen LogP contribution in [0.2, 0.25) is 0 Å². The van der Waals surface area contributed by atoms with E-state index in [1.54, 1.807) is 19.0 Å². The summed E-state index contributed by atoms with van der Waals surface area (Å²) < 4.78 is 0. The molecule has 0 radical (unpaired) electrons. The monoisotopic (exact) mass is 185 g/mol. The van der Waals surface area contributed by atoms with Crippen LogP contribution in [0.4, 0.5) is 0 Å². The van der Waals surface area contributed by atoms with E-state index in [9.17, 15) is 4.79 Å². The Hall–Kier alpha value is -0.870. The predicted molar refractivity (Wildman–Crippen MR) is 48.4 cm³/mol. The summed E-state index contributed by atoms with van der Waals surface area (Å²) in [5.74, 6) is -0.803. The van der Waals surface area contributed by atoms with Crippen LogP contribution < -0.4 is 0 Å². The van der Waals surface area contributed by atoms with Crippen molar-refractivity contribution in [3.05, 3.63) is 22.4 Å². The van der Waals surface area contributed by atoms with Gasteiger partial charge >= 0.3 is 5.97 Å². The van der Waals surface area contributed by atoms with Crippen molar-refractivity contribution in [3.8, 4) is 0 Å². The molecule has 0 saturated heterocycles. The third-order valence-corrected chi connectivity index (χ3v) is 2.49. The first-order valence-corrected chi connectivity index (χ1v) is 4.43. The van der Waals surface area contributed by atoms with E-state index >= 15 is 0 Å². The highest BCUT2D eigenvalue weighted by molar-refractivity contribution is 7.10. The zero-order valence-electron chi connectivity index (χ0n) is 7.02. The summed E-state index contributed by atoms with van der Waals surface area (Å²) in [7, 11) is 3.52. The Morgan fingerprint density at radius 3 is 2.67 bits per heavy atom. The molecule has 1 atom stereocenters. The highest BCUT2D eigenvalue weighted by atomic mass is 32.1. The molecule has 66 valence electrons. The summed E-state index contributed by atoms with van der Waals surface area (Å²) in [6.07, 6.45) is 0. The highest BCUT2D eigenvalue weighted by Crippen LogP contribution is 2.22. The number of carboxylic acid groups (broad SMARTS) is 1. The van der Waals surface area contributed by atoms with Crippen molar-refractivity contribution >= 4 is 17.3 Å². The third kappa shape index (κ3) is 1.84. The second-order valence-corrected chi connectivity index (χ2v) is 3.70. The zero-order chi connectivity index (χ0) is 9.14. The van der Waals surface area contributed by atoms with Gasteiger partial charge in [-0.05, 0) is 25.5 Å². The third-order valence-electron chi connectivity index (χ3n) is 1.56. The second-order valence-electron chi connectivity index (χ2n) is 2.72. The van der Waals surface area contributed by atoms with E-state index in [1.807, 2.05) is 17.5 Å². The topological polar surface area (TPSA) is 40.5 Å². The minimum absolute atomic E-state index is 0.509. The number of carbonyl (C=O) groups is 1. The van der Waals surface area contributed by atoms with Crippen LogP contribution in [0.3, 0.4) is 0 Å². The van der Waals surface area contributed by atoms with Crippen LogP contribution in [-0.4, -0.2) is 30.1 Å². The molecule has 0 aliphatic rings. The fourth-order valence-corrected chi connectivity index (χ4v) is 1.96. The first-order valence-electron chi connectivity index (χ1n) is 3.55. The van der Waals surface area contributed by atoms with Gasteiger partial charge in [0.05, 0.1) is 0 Å². The number of hydrogen-bond acceptors (Lipinski definition) is 3. The number of nitrogens with zero attached hydrogens (tertiary/aromatic N) is 1. The predicted octanol–water partition coefficient (Wildman–Crippen LogP) is 1.44. The number of carboxylic acids is 1. The van der Waals surface area contributed by atoms with Gasteiger partial charge in [0.2, 0.25) is 0 Å². The zero-order valence-corrected chi connectivity index (χ0v) is 7.84. The van der Waals surface area contributed by atoms with E-state index in [0.717, 1.165) is 4.88 Å². The lowest BCUT2D eigenvalue weighted by Crippen LogP contribution is -2.26. The molecule has 3 nitrogen and oxygen atoms in total. The summed E-state index contributed by atoms with van der Waals surface area (Å²) in [5, 5.41) is 10.8. The van der Waals surface area contributed by atoms with E-state index in [2.05, 4.69) is 0 Å². The quantitative estimate of drug-likeness (QED) is 0.774. The summed E-state index contributed by atoms with van der Waals surface area (Å²) >= 11 is 1.47. The minimum Gasteiger partial charge on any atom is -0.480 e. The van der Waals surface area contributed by atoms with Crippen molar-refractivity contribution < 1.29 is 9.90 Å². The summed E-state index contributed by atoms with van der Waals surface area (Å²) in [5.41, 5.74) is 0. The number of likely N-dealkylation sites (N-methyl/N-ethyl adjacent to an activating group) is 1. The van der Waals surface area contributed by atoms with Crippen LogP contribution in [0.5, 0.6) is 0 Å². The Balaban J connectivity index is 2.88. The fraction of sp³-hybridized carbons (Fsp3) is 0.375. The SMILES string of the molecule is CN(C)[C@@H](C(=O)O)c1cccs1. The number of aliphatic carboxylic acids is 1. The van der Waals surface area contributed by atoms with Crippen LogP contribution in [0.25, 0.3) is 0 Å². The lowest BCUT2D eigenvalue weighted by atomic mass is 10.2. The van der Waals surface area contributed by atoms with Crippen molar-refractivity contribution in [1.29, 1.82) is 0 Å². The van der Waals surface area contributed by atoms with Crippen molar-refractivity contribution in [3.63, 3.8) is 0 Å². The van der Waals surface area contributed by atoms with E-state index in [4.69, 9.17) is 5.11 Å². The van der Waals surface area contributed by atoms with E-state index in [0.29, 0.717) is 0 Å². The number of hydrogen-bond donors (Lipinski definition) is 1. The molecule has 0 aliphatic heterocycles. The van der Waals surface area contributed by atoms with Crippen molar-refractivity contribution in [2.24, 2.45) is 0 Å². The Morgan fingerprint density at radius 2 is 2.33 bits per heavy atom. The molecular formula is C8H11NO2S. The Morgan fingerprint density at radius 1 is 1.67 bits per heavy atom. The van der Waals surface area contributed by atoms with Gasteiger partial charge in [0.25, 0.3) is 0 Å². The standard InChI is InChI=1S/C8H11NO2S/c1-9(2)7(8(10)11)6-4-3-5-12-6/h3-5,7H,1-2H3,(H,10,11)/t7-/m1/s1. The van der Waals surface area contributed by atoms with Crippen LogP contribution >= 0.6 is 11.3 Å². The maximum absolute atomic E-state index is 10.8. The van der Waals surface area contributed by atoms with Crippen LogP contribution in [0.1, 0.15) is 10.9 Å². The van der Waals surface area contributed by atoms with Gasteiger partial charge in [0, 0.05) is 4.88 Å². The van der Waals surface area contributed by atoms with E-state index in [-0.39, 0.29) is 0 Å². The minimum atomic E-state index is -0.803. The first-order chi connectivity index (χ1) is 5.63. The van der Waals surface area contributed by atoms with Crippen LogP contribution in [-0.2, 0) is 4.79 Å². The van der Waals surface area contributed by atoms with Gasteiger partial charge in [-0.15, -0.1) is 11.3 Å². The maximum Gasteiger partial charge on any atom is 0.326 e. The fourth-order valence-electron chi connectivity index (χ4n) is 1.04. The van der Waals surface area contributed by atoms with Crippen LogP contribution in [0, 0.1) is 0 Å². The molecule has 1 aromatic rings.